The molecule has 0 spiro atoms. The second-order valence-corrected chi connectivity index (χ2v) is 5.59. The zero-order valence-electron chi connectivity index (χ0n) is 11.9. The molecule has 1 saturated carbocycles. The number of nitrogens with two attached hydrogens (primary N) is 1. The first kappa shape index (κ1) is 14.8. The second kappa shape index (κ2) is 5.79. The number of benzene rings is 1. The van der Waals surface area contributed by atoms with Crippen molar-refractivity contribution >= 4 is 5.91 Å². The van der Waals surface area contributed by atoms with E-state index in [2.05, 4.69) is 5.32 Å². The standard InChI is InChI=1S/C15H21FN2O2/c1-15(9-17,11-4-5-11)18-14(19)8-10-3-6-13(20-2)12(16)7-10/h3,6-7,11H,4-5,8-9,17H2,1-2H3,(H,18,19). The fourth-order valence-corrected chi connectivity index (χ4v) is 2.41. The largest absolute Gasteiger partial charge is 0.494 e. The number of hydrogen-bond donors (Lipinski definition) is 2. The van der Waals surface area contributed by atoms with Crippen LogP contribution >= 0.6 is 0 Å². The van der Waals surface area contributed by atoms with E-state index in [9.17, 15) is 9.18 Å². The van der Waals surface area contributed by atoms with E-state index in [1.54, 1.807) is 6.07 Å². The predicted molar refractivity (Wildman–Crippen MR) is 75.0 cm³/mol. The van der Waals surface area contributed by atoms with Crippen LogP contribution in [0.4, 0.5) is 4.39 Å². The van der Waals surface area contributed by atoms with Crippen LogP contribution in [0.25, 0.3) is 0 Å². The van der Waals surface area contributed by atoms with E-state index in [4.69, 9.17) is 10.5 Å². The van der Waals surface area contributed by atoms with Gasteiger partial charge in [-0.3, -0.25) is 4.79 Å². The fraction of sp³-hybridized carbons (Fsp3) is 0.533. The van der Waals surface area contributed by atoms with Crippen molar-refractivity contribution in [3.8, 4) is 5.75 Å². The summed E-state index contributed by atoms with van der Waals surface area (Å²) >= 11 is 0. The Morgan fingerprint density at radius 3 is 2.75 bits per heavy atom. The number of amides is 1. The molecule has 1 aromatic rings. The van der Waals surface area contributed by atoms with E-state index < -0.39 is 5.82 Å². The lowest BCUT2D eigenvalue weighted by Gasteiger charge is -2.29. The van der Waals surface area contributed by atoms with Crippen LogP contribution in [0.3, 0.4) is 0 Å². The lowest BCUT2D eigenvalue weighted by molar-refractivity contribution is -0.122. The van der Waals surface area contributed by atoms with Crippen molar-refractivity contribution in [1.82, 2.24) is 5.32 Å². The SMILES string of the molecule is COc1ccc(CC(=O)NC(C)(CN)C2CC2)cc1F. The van der Waals surface area contributed by atoms with Gasteiger partial charge in [0.25, 0.3) is 0 Å². The molecule has 1 amide bonds. The number of nitrogens with one attached hydrogen (secondary N) is 1. The molecule has 20 heavy (non-hydrogen) atoms. The van der Waals surface area contributed by atoms with Gasteiger partial charge in [0.1, 0.15) is 0 Å². The molecule has 0 heterocycles. The minimum Gasteiger partial charge on any atom is -0.494 e. The minimum atomic E-state index is -0.457. The van der Waals surface area contributed by atoms with Gasteiger partial charge in [-0.05, 0) is 43.4 Å². The van der Waals surface area contributed by atoms with Gasteiger partial charge in [-0.25, -0.2) is 4.39 Å². The summed E-state index contributed by atoms with van der Waals surface area (Å²) in [5.41, 5.74) is 6.04. The quantitative estimate of drug-likeness (QED) is 0.832. The van der Waals surface area contributed by atoms with Gasteiger partial charge in [0.2, 0.25) is 5.91 Å². The van der Waals surface area contributed by atoms with E-state index in [0.717, 1.165) is 12.8 Å². The van der Waals surface area contributed by atoms with Gasteiger partial charge in [-0.2, -0.15) is 0 Å². The molecule has 1 unspecified atom stereocenters. The van der Waals surface area contributed by atoms with Crippen LogP contribution in [0, 0.1) is 11.7 Å². The van der Waals surface area contributed by atoms with E-state index in [1.807, 2.05) is 6.92 Å². The summed E-state index contributed by atoms with van der Waals surface area (Å²) in [7, 11) is 1.41. The maximum atomic E-state index is 13.6. The Labute approximate surface area is 118 Å². The molecule has 3 N–H and O–H groups in total. The lowest BCUT2D eigenvalue weighted by atomic mass is 9.95. The molecule has 0 bridgehead atoms. The third kappa shape index (κ3) is 3.28. The Morgan fingerprint density at radius 2 is 2.25 bits per heavy atom. The van der Waals surface area contributed by atoms with E-state index in [-0.39, 0.29) is 23.6 Å². The molecule has 4 nitrogen and oxygen atoms in total. The van der Waals surface area contributed by atoms with Crippen LogP contribution in [0.2, 0.25) is 0 Å². The van der Waals surface area contributed by atoms with Gasteiger partial charge < -0.3 is 15.8 Å². The Hall–Kier alpha value is -1.62. The summed E-state index contributed by atoms with van der Waals surface area (Å²) in [5.74, 6) is 0.0546. The van der Waals surface area contributed by atoms with Gasteiger partial charge in [-0.1, -0.05) is 6.07 Å². The van der Waals surface area contributed by atoms with Gasteiger partial charge in [0, 0.05) is 6.54 Å². The van der Waals surface area contributed by atoms with Crippen molar-refractivity contribution < 1.29 is 13.9 Å². The topological polar surface area (TPSA) is 64.3 Å². The second-order valence-electron chi connectivity index (χ2n) is 5.59. The average molecular weight is 280 g/mol. The highest BCUT2D eigenvalue weighted by Crippen LogP contribution is 2.39. The van der Waals surface area contributed by atoms with Gasteiger partial charge in [0.05, 0.1) is 19.1 Å². The molecule has 1 atom stereocenters. The van der Waals surface area contributed by atoms with Crippen LogP contribution in [-0.2, 0) is 11.2 Å². The van der Waals surface area contributed by atoms with E-state index in [0.29, 0.717) is 18.0 Å². The number of rotatable bonds is 6. The molecule has 0 aliphatic heterocycles. The summed E-state index contributed by atoms with van der Waals surface area (Å²) in [6.07, 6.45) is 2.35. The highest BCUT2D eigenvalue weighted by atomic mass is 19.1. The van der Waals surface area contributed by atoms with Crippen LogP contribution in [-0.4, -0.2) is 25.1 Å². The van der Waals surface area contributed by atoms with Crippen LogP contribution in [0.1, 0.15) is 25.3 Å². The third-order valence-corrected chi connectivity index (χ3v) is 3.91. The first-order valence-electron chi connectivity index (χ1n) is 6.82. The number of hydrogen-bond acceptors (Lipinski definition) is 3. The molecule has 1 aliphatic carbocycles. The first-order valence-corrected chi connectivity index (χ1v) is 6.82. The van der Waals surface area contributed by atoms with E-state index in [1.165, 1.54) is 19.2 Å². The number of halogens is 1. The summed E-state index contributed by atoms with van der Waals surface area (Å²) in [6.45, 7) is 2.39. The molecule has 0 saturated heterocycles. The molecule has 1 fully saturated rings. The maximum Gasteiger partial charge on any atom is 0.224 e. The Kier molecular flexibility index (Phi) is 4.28. The third-order valence-electron chi connectivity index (χ3n) is 3.91. The average Bonchev–Trinajstić information content (AvgIpc) is 3.23. The fourth-order valence-electron chi connectivity index (χ4n) is 2.41. The van der Waals surface area contributed by atoms with Gasteiger partial charge >= 0.3 is 0 Å². The number of methoxy groups -OCH3 is 1. The van der Waals surface area contributed by atoms with Crippen LogP contribution < -0.4 is 15.8 Å². The van der Waals surface area contributed by atoms with Crippen molar-refractivity contribution in [1.29, 1.82) is 0 Å². The predicted octanol–water partition coefficient (Wildman–Crippen LogP) is 1.62. The molecular weight excluding hydrogens is 259 g/mol. The molecule has 1 aliphatic rings. The summed E-state index contributed by atoms with van der Waals surface area (Å²) in [6, 6.07) is 4.55. The molecule has 0 aromatic heterocycles. The summed E-state index contributed by atoms with van der Waals surface area (Å²) in [4.78, 5) is 12.1. The zero-order chi connectivity index (χ0) is 14.8. The van der Waals surface area contributed by atoms with E-state index >= 15 is 0 Å². The normalized spacial score (nSPS) is 17.4. The molecule has 1 aromatic carbocycles. The van der Waals surface area contributed by atoms with Crippen molar-refractivity contribution in [3.63, 3.8) is 0 Å². The molecule has 2 rings (SSSR count). The Morgan fingerprint density at radius 1 is 1.55 bits per heavy atom. The number of carbonyl (C=O) groups excluding carboxylic acids is 1. The maximum absolute atomic E-state index is 13.6. The van der Waals surface area contributed by atoms with Crippen molar-refractivity contribution in [2.24, 2.45) is 11.7 Å². The minimum absolute atomic E-state index is 0.130. The number of ether oxygens (including phenoxy) is 1. The van der Waals surface area contributed by atoms with Gasteiger partial charge in [0.15, 0.2) is 11.6 Å². The highest BCUT2D eigenvalue weighted by molar-refractivity contribution is 5.79. The Bertz CT molecular complexity index is 503. The molecule has 0 radical (unpaired) electrons. The van der Waals surface area contributed by atoms with Crippen molar-refractivity contribution in [3.05, 3.63) is 29.6 Å². The first-order chi connectivity index (χ1) is 9.48. The summed E-state index contributed by atoms with van der Waals surface area (Å²) < 4.78 is 18.4. The van der Waals surface area contributed by atoms with Crippen LogP contribution in [0.15, 0.2) is 18.2 Å². The molecular formula is C15H21FN2O2. The molecule has 110 valence electrons. The summed E-state index contributed by atoms with van der Waals surface area (Å²) in [5, 5.41) is 2.98. The van der Waals surface area contributed by atoms with Crippen molar-refractivity contribution in [2.45, 2.75) is 31.7 Å². The van der Waals surface area contributed by atoms with Gasteiger partial charge in [-0.15, -0.1) is 0 Å². The smallest absolute Gasteiger partial charge is 0.224 e. The van der Waals surface area contributed by atoms with Crippen molar-refractivity contribution in [2.75, 3.05) is 13.7 Å². The Balaban J connectivity index is 1.99. The molecule has 5 heteroatoms. The monoisotopic (exact) mass is 280 g/mol. The lowest BCUT2D eigenvalue weighted by Crippen LogP contribution is -2.53. The zero-order valence-corrected chi connectivity index (χ0v) is 11.9. The highest BCUT2D eigenvalue weighted by Gasteiger charge is 2.41. The van der Waals surface area contributed by atoms with Crippen LogP contribution in [0.5, 0.6) is 5.75 Å². The number of carbonyl (C=O) groups is 1.